The molecule has 0 aromatic heterocycles. The average Bonchev–Trinajstić information content (AvgIpc) is 2.43. The molecule has 1 aliphatic rings. The molecule has 1 aromatic rings. The van der Waals surface area contributed by atoms with Crippen molar-refractivity contribution in [2.75, 3.05) is 11.9 Å². The Kier molecular flexibility index (Phi) is 4.73. The molecule has 1 atom stereocenters. The smallest absolute Gasteiger partial charge is 0.326 e. The molecule has 1 fully saturated rings. The molecule has 2 N–H and O–H groups in total. The molecule has 0 radical (unpaired) electrons. The highest BCUT2D eigenvalue weighted by Gasteiger charge is 2.32. The number of aliphatic carboxylic acids is 1. The number of nitrogens with zero attached hydrogens (tertiary/aromatic N) is 1. The van der Waals surface area contributed by atoms with Crippen LogP contribution in [0.15, 0.2) is 18.2 Å². The Morgan fingerprint density at radius 3 is 2.75 bits per heavy atom. The van der Waals surface area contributed by atoms with Gasteiger partial charge in [-0.3, -0.25) is 0 Å². The number of carbonyl (C=O) groups is 2. The third kappa shape index (κ3) is 3.16. The predicted molar refractivity (Wildman–Crippen MR) is 77.5 cm³/mol. The van der Waals surface area contributed by atoms with Gasteiger partial charge in [0.1, 0.15) is 6.04 Å². The Labute approximate surface area is 126 Å². The molecule has 5 nitrogen and oxygen atoms in total. The number of hydrogen-bond acceptors (Lipinski definition) is 2. The standard InChI is InChI=1S/C13H14Cl2N2O3/c14-8-4-3-5-9(11(8)15)16-13(20)17-7-2-1-6-10(17)12(18)19/h3-5,10H,1-2,6-7H2,(H,16,20)(H,18,19). The quantitative estimate of drug-likeness (QED) is 0.877. The number of nitrogens with one attached hydrogen (secondary N) is 1. The van der Waals surface area contributed by atoms with Crippen LogP contribution in [-0.2, 0) is 4.79 Å². The molecule has 7 heteroatoms. The van der Waals surface area contributed by atoms with Crippen molar-refractivity contribution in [3.8, 4) is 0 Å². The molecular weight excluding hydrogens is 303 g/mol. The van der Waals surface area contributed by atoms with Gasteiger partial charge in [0.15, 0.2) is 0 Å². The molecule has 20 heavy (non-hydrogen) atoms. The molecule has 1 saturated heterocycles. The topological polar surface area (TPSA) is 69.6 Å². The largest absolute Gasteiger partial charge is 0.480 e. The maximum atomic E-state index is 12.2. The van der Waals surface area contributed by atoms with Crippen LogP contribution in [0.4, 0.5) is 10.5 Å². The molecule has 108 valence electrons. The van der Waals surface area contributed by atoms with E-state index in [1.54, 1.807) is 18.2 Å². The van der Waals surface area contributed by atoms with E-state index in [-0.39, 0.29) is 5.02 Å². The van der Waals surface area contributed by atoms with E-state index in [0.29, 0.717) is 23.7 Å². The van der Waals surface area contributed by atoms with E-state index in [9.17, 15) is 9.59 Å². The summed E-state index contributed by atoms with van der Waals surface area (Å²) < 4.78 is 0. The van der Waals surface area contributed by atoms with E-state index in [4.69, 9.17) is 28.3 Å². The molecular formula is C13H14Cl2N2O3. The zero-order chi connectivity index (χ0) is 14.7. The van der Waals surface area contributed by atoms with Crippen LogP contribution in [0.3, 0.4) is 0 Å². The van der Waals surface area contributed by atoms with E-state index in [2.05, 4.69) is 5.32 Å². The normalized spacial score (nSPS) is 18.7. The van der Waals surface area contributed by atoms with Gasteiger partial charge in [0.05, 0.1) is 15.7 Å². The fourth-order valence-electron chi connectivity index (χ4n) is 2.22. The van der Waals surface area contributed by atoms with Gasteiger partial charge in [-0.05, 0) is 31.4 Å². The van der Waals surface area contributed by atoms with E-state index < -0.39 is 18.0 Å². The number of anilines is 1. The van der Waals surface area contributed by atoms with E-state index in [1.807, 2.05) is 0 Å². The lowest BCUT2D eigenvalue weighted by atomic mass is 10.0. The monoisotopic (exact) mass is 316 g/mol. The second-order valence-electron chi connectivity index (χ2n) is 4.57. The maximum absolute atomic E-state index is 12.2. The van der Waals surface area contributed by atoms with Gasteiger partial charge in [-0.1, -0.05) is 29.3 Å². The first-order chi connectivity index (χ1) is 9.50. The number of hydrogen-bond donors (Lipinski definition) is 2. The van der Waals surface area contributed by atoms with Gasteiger partial charge in [-0.2, -0.15) is 0 Å². The number of piperidine rings is 1. The minimum atomic E-state index is -0.989. The Hall–Kier alpha value is -1.46. The first-order valence-electron chi connectivity index (χ1n) is 6.25. The van der Waals surface area contributed by atoms with Crippen LogP contribution in [0, 0.1) is 0 Å². The molecule has 0 bridgehead atoms. The summed E-state index contributed by atoms with van der Waals surface area (Å²) in [7, 11) is 0. The van der Waals surface area contributed by atoms with Crippen LogP contribution in [0.25, 0.3) is 0 Å². The Balaban J connectivity index is 2.14. The van der Waals surface area contributed by atoms with E-state index in [1.165, 1.54) is 4.90 Å². The first-order valence-corrected chi connectivity index (χ1v) is 7.00. The van der Waals surface area contributed by atoms with Gasteiger partial charge >= 0.3 is 12.0 Å². The predicted octanol–water partition coefficient (Wildman–Crippen LogP) is 3.46. The number of halogens is 2. The number of benzene rings is 1. The van der Waals surface area contributed by atoms with Crippen molar-refractivity contribution in [1.29, 1.82) is 0 Å². The Bertz CT molecular complexity index is 536. The SMILES string of the molecule is O=C(O)C1CCCCN1C(=O)Nc1cccc(Cl)c1Cl. The molecule has 1 aromatic carbocycles. The van der Waals surface area contributed by atoms with Crippen molar-refractivity contribution in [3.05, 3.63) is 28.2 Å². The summed E-state index contributed by atoms with van der Waals surface area (Å²) in [5.74, 6) is -0.989. The maximum Gasteiger partial charge on any atom is 0.326 e. The van der Waals surface area contributed by atoms with Crippen molar-refractivity contribution >= 4 is 40.9 Å². The summed E-state index contributed by atoms with van der Waals surface area (Å²) in [5.41, 5.74) is 0.374. The summed E-state index contributed by atoms with van der Waals surface area (Å²) in [6.07, 6.45) is 2.06. The number of likely N-dealkylation sites (tertiary alicyclic amines) is 1. The number of rotatable bonds is 2. The lowest BCUT2D eigenvalue weighted by Crippen LogP contribution is -2.49. The Morgan fingerprint density at radius 2 is 2.05 bits per heavy atom. The van der Waals surface area contributed by atoms with Crippen LogP contribution in [0.2, 0.25) is 10.0 Å². The van der Waals surface area contributed by atoms with Crippen molar-refractivity contribution in [2.24, 2.45) is 0 Å². The zero-order valence-corrected chi connectivity index (χ0v) is 12.1. The van der Waals surface area contributed by atoms with E-state index in [0.717, 1.165) is 12.8 Å². The molecule has 1 unspecified atom stereocenters. The third-order valence-corrected chi connectivity index (χ3v) is 4.06. The minimum Gasteiger partial charge on any atom is -0.480 e. The van der Waals surface area contributed by atoms with Crippen LogP contribution in [0.5, 0.6) is 0 Å². The van der Waals surface area contributed by atoms with Crippen molar-refractivity contribution in [1.82, 2.24) is 4.90 Å². The first kappa shape index (κ1) is 14.9. The van der Waals surface area contributed by atoms with Gasteiger partial charge in [-0.25, -0.2) is 9.59 Å². The molecule has 0 spiro atoms. The molecule has 1 heterocycles. The second kappa shape index (κ2) is 6.33. The summed E-state index contributed by atoms with van der Waals surface area (Å²) in [4.78, 5) is 24.7. The van der Waals surface area contributed by atoms with Gasteiger partial charge in [0.25, 0.3) is 0 Å². The van der Waals surface area contributed by atoms with Crippen molar-refractivity contribution < 1.29 is 14.7 Å². The summed E-state index contributed by atoms with van der Waals surface area (Å²) >= 11 is 11.9. The molecule has 2 amide bonds. The van der Waals surface area contributed by atoms with Crippen molar-refractivity contribution in [3.63, 3.8) is 0 Å². The second-order valence-corrected chi connectivity index (χ2v) is 5.36. The number of urea groups is 1. The fraction of sp³-hybridized carbons (Fsp3) is 0.385. The summed E-state index contributed by atoms with van der Waals surface area (Å²) in [6.45, 7) is 0.418. The number of carboxylic acid groups (broad SMARTS) is 1. The van der Waals surface area contributed by atoms with Gasteiger partial charge < -0.3 is 15.3 Å². The van der Waals surface area contributed by atoms with Crippen LogP contribution < -0.4 is 5.32 Å². The zero-order valence-electron chi connectivity index (χ0n) is 10.6. The average molecular weight is 317 g/mol. The molecule has 0 aliphatic carbocycles. The van der Waals surface area contributed by atoms with Crippen molar-refractivity contribution in [2.45, 2.75) is 25.3 Å². The van der Waals surface area contributed by atoms with Crippen LogP contribution >= 0.6 is 23.2 Å². The Morgan fingerprint density at radius 1 is 1.30 bits per heavy atom. The fourth-order valence-corrected chi connectivity index (χ4v) is 2.57. The highest BCUT2D eigenvalue weighted by molar-refractivity contribution is 6.43. The number of amides is 2. The minimum absolute atomic E-state index is 0.242. The number of carboxylic acids is 1. The van der Waals surface area contributed by atoms with Crippen LogP contribution in [0.1, 0.15) is 19.3 Å². The molecule has 1 aliphatic heterocycles. The molecule has 0 saturated carbocycles. The van der Waals surface area contributed by atoms with E-state index >= 15 is 0 Å². The summed E-state index contributed by atoms with van der Waals surface area (Å²) in [5, 5.41) is 12.3. The van der Waals surface area contributed by atoms with Gasteiger partial charge in [0.2, 0.25) is 0 Å². The lowest BCUT2D eigenvalue weighted by molar-refractivity contribution is -0.143. The van der Waals surface area contributed by atoms with Gasteiger partial charge in [-0.15, -0.1) is 0 Å². The highest BCUT2D eigenvalue weighted by Crippen LogP contribution is 2.30. The molecule has 2 rings (SSSR count). The third-order valence-electron chi connectivity index (χ3n) is 3.24. The summed E-state index contributed by atoms with van der Waals surface area (Å²) in [6, 6.07) is 3.63. The number of carbonyl (C=O) groups excluding carboxylic acids is 1. The lowest BCUT2D eigenvalue weighted by Gasteiger charge is -2.32. The van der Waals surface area contributed by atoms with Gasteiger partial charge in [0, 0.05) is 6.54 Å². The highest BCUT2D eigenvalue weighted by atomic mass is 35.5. The van der Waals surface area contributed by atoms with Crippen LogP contribution in [-0.4, -0.2) is 34.6 Å².